The van der Waals surface area contributed by atoms with Crippen LogP contribution in [0.5, 0.6) is 0 Å². The fourth-order valence-corrected chi connectivity index (χ4v) is 1.48. The first kappa shape index (κ1) is 6.61. The van der Waals surface area contributed by atoms with Crippen molar-refractivity contribution in [1.29, 1.82) is 0 Å². The highest BCUT2D eigenvalue weighted by molar-refractivity contribution is 5.89. The molecule has 1 N–H and O–H groups in total. The van der Waals surface area contributed by atoms with Gasteiger partial charge in [-0.1, -0.05) is 12.2 Å². The number of allylic oxidation sites excluding steroid dienone is 1. The van der Waals surface area contributed by atoms with Gasteiger partial charge in [0.05, 0.1) is 12.2 Å². The lowest BCUT2D eigenvalue weighted by Gasteiger charge is -2.06. The van der Waals surface area contributed by atoms with Crippen molar-refractivity contribution in [3.8, 4) is 0 Å². The molecule has 3 heteroatoms. The first-order chi connectivity index (χ1) is 5.29. The fraction of sp³-hybridized carbons (Fsp3) is 0.375. The van der Waals surface area contributed by atoms with Crippen LogP contribution < -0.4 is 0 Å². The molecule has 0 aromatic rings. The van der Waals surface area contributed by atoms with Crippen molar-refractivity contribution in [3.63, 3.8) is 0 Å². The minimum atomic E-state index is -0.861. The van der Waals surface area contributed by atoms with Crippen LogP contribution in [0.1, 0.15) is 6.42 Å². The third kappa shape index (κ3) is 0.886. The van der Waals surface area contributed by atoms with E-state index in [1.165, 1.54) is 0 Å². The summed E-state index contributed by atoms with van der Waals surface area (Å²) < 4.78 is 5.21. The number of carboxylic acids is 1. The average molecular weight is 152 g/mol. The van der Waals surface area contributed by atoms with E-state index >= 15 is 0 Å². The molecule has 0 saturated heterocycles. The molecule has 0 radical (unpaired) electrons. The van der Waals surface area contributed by atoms with Gasteiger partial charge in [-0.05, 0) is 12.0 Å². The van der Waals surface area contributed by atoms with Gasteiger partial charge in [-0.3, -0.25) is 0 Å². The molecular weight excluding hydrogens is 144 g/mol. The summed E-state index contributed by atoms with van der Waals surface area (Å²) in [6.07, 6.45) is 4.17. The number of hydrogen-bond donors (Lipinski definition) is 1. The normalized spacial score (nSPS) is 27.8. The van der Waals surface area contributed by atoms with Crippen LogP contribution in [0.15, 0.2) is 23.3 Å². The molecule has 58 valence electrons. The second-order valence-corrected chi connectivity index (χ2v) is 2.66. The first-order valence-corrected chi connectivity index (χ1v) is 3.53. The summed E-state index contributed by atoms with van der Waals surface area (Å²) in [5.41, 5.74) is 1.50. The van der Waals surface area contributed by atoms with E-state index < -0.39 is 5.97 Å². The molecule has 0 spiro atoms. The molecular formula is C8H8O3. The first-order valence-electron chi connectivity index (χ1n) is 3.53. The highest BCUT2D eigenvalue weighted by Gasteiger charge is 2.31. The lowest BCUT2D eigenvalue weighted by Crippen LogP contribution is -2.15. The Morgan fingerprint density at radius 1 is 1.64 bits per heavy atom. The third-order valence-electron chi connectivity index (χ3n) is 2.03. The second kappa shape index (κ2) is 2.20. The summed E-state index contributed by atoms with van der Waals surface area (Å²) in [7, 11) is 0. The number of fused-ring (bicyclic) bond motifs is 1. The van der Waals surface area contributed by atoms with Gasteiger partial charge in [-0.2, -0.15) is 0 Å². The smallest absolute Gasteiger partial charge is 0.334 e. The number of rotatable bonds is 1. The highest BCUT2D eigenvalue weighted by atomic mass is 16.5. The highest BCUT2D eigenvalue weighted by Crippen LogP contribution is 2.31. The average Bonchev–Trinajstić information content (AvgIpc) is 2.41. The van der Waals surface area contributed by atoms with E-state index in [0.29, 0.717) is 12.2 Å². The minimum Gasteiger partial charge on any atom is -0.478 e. The zero-order valence-electron chi connectivity index (χ0n) is 5.91. The van der Waals surface area contributed by atoms with Crippen molar-refractivity contribution in [2.75, 3.05) is 6.61 Å². The molecule has 2 aliphatic rings. The molecule has 1 aliphatic carbocycles. The van der Waals surface area contributed by atoms with Crippen molar-refractivity contribution in [3.05, 3.63) is 23.3 Å². The van der Waals surface area contributed by atoms with E-state index in [2.05, 4.69) is 0 Å². The summed E-state index contributed by atoms with van der Waals surface area (Å²) in [4.78, 5) is 10.6. The zero-order valence-corrected chi connectivity index (χ0v) is 5.91. The molecule has 0 aromatic heterocycles. The number of carbonyl (C=O) groups is 1. The van der Waals surface area contributed by atoms with Crippen LogP contribution in [0.2, 0.25) is 0 Å². The van der Waals surface area contributed by atoms with Gasteiger partial charge in [0, 0.05) is 0 Å². The fourth-order valence-electron chi connectivity index (χ4n) is 1.48. The van der Waals surface area contributed by atoms with Crippen molar-refractivity contribution in [2.45, 2.75) is 12.5 Å². The Labute approximate surface area is 64.0 Å². The molecule has 0 amide bonds. The lowest BCUT2D eigenvalue weighted by molar-refractivity contribution is -0.133. The Bertz CT molecular complexity index is 263. The molecule has 0 aromatic carbocycles. The summed E-state index contributed by atoms with van der Waals surface area (Å²) in [6, 6.07) is 0. The summed E-state index contributed by atoms with van der Waals surface area (Å²) >= 11 is 0. The number of ether oxygens (including phenoxy) is 1. The molecule has 3 nitrogen and oxygen atoms in total. The molecule has 1 unspecified atom stereocenters. The van der Waals surface area contributed by atoms with E-state index in [1.807, 2.05) is 6.08 Å². The summed E-state index contributed by atoms with van der Waals surface area (Å²) in [5.74, 6) is -0.861. The van der Waals surface area contributed by atoms with Crippen molar-refractivity contribution >= 4 is 5.97 Å². The third-order valence-corrected chi connectivity index (χ3v) is 2.03. The standard InChI is InChI=1S/C8H8O3/c9-8(10)6-2-1-5-3-4-11-7(5)6/h2-3,7H,1,4H2,(H,9,10). The Morgan fingerprint density at radius 2 is 2.45 bits per heavy atom. The van der Waals surface area contributed by atoms with Crippen LogP contribution >= 0.6 is 0 Å². The quantitative estimate of drug-likeness (QED) is 0.563. The SMILES string of the molecule is O=C(O)C1=CCC2=CCOC21. The van der Waals surface area contributed by atoms with Gasteiger partial charge in [-0.15, -0.1) is 0 Å². The number of carboxylic acid groups (broad SMARTS) is 1. The van der Waals surface area contributed by atoms with E-state index in [-0.39, 0.29) is 6.10 Å². The molecule has 0 fully saturated rings. The maximum absolute atomic E-state index is 10.6. The molecule has 0 bridgehead atoms. The molecule has 1 atom stereocenters. The Morgan fingerprint density at radius 3 is 3.18 bits per heavy atom. The second-order valence-electron chi connectivity index (χ2n) is 2.66. The summed E-state index contributed by atoms with van der Waals surface area (Å²) in [6.45, 7) is 0.560. The van der Waals surface area contributed by atoms with E-state index in [1.54, 1.807) is 6.08 Å². The van der Waals surface area contributed by atoms with Crippen molar-refractivity contribution in [1.82, 2.24) is 0 Å². The Kier molecular flexibility index (Phi) is 1.32. The van der Waals surface area contributed by atoms with Crippen molar-refractivity contribution in [2.24, 2.45) is 0 Å². The Hall–Kier alpha value is -1.09. The lowest BCUT2D eigenvalue weighted by atomic mass is 10.1. The maximum atomic E-state index is 10.6. The van der Waals surface area contributed by atoms with Crippen molar-refractivity contribution < 1.29 is 14.6 Å². The van der Waals surface area contributed by atoms with Gasteiger partial charge < -0.3 is 9.84 Å². The van der Waals surface area contributed by atoms with E-state index in [9.17, 15) is 4.79 Å². The van der Waals surface area contributed by atoms with E-state index in [4.69, 9.17) is 9.84 Å². The Balaban J connectivity index is 2.26. The molecule has 11 heavy (non-hydrogen) atoms. The van der Waals surface area contributed by atoms with E-state index in [0.717, 1.165) is 12.0 Å². The van der Waals surface area contributed by atoms with Crippen LogP contribution in [0, 0.1) is 0 Å². The predicted molar refractivity (Wildman–Crippen MR) is 38.2 cm³/mol. The van der Waals surface area contributed by atoms with Crippen LogP contribution in [0.25, 0.3) is 0 Å². The summed E-state index contributed by atoms with van der Waals surface area (Å²) in [5, 5.41) is 8.68. The molecule has 2 rings (SSSR count). The minimum absolute atomic E-state index is 0.243. The topological polar surface area (TPSA) is 46.5 Å². The van der Waals surface area contributed by atoms with Gasteiger partial charge in [0.15, 0.2) is 0 Å². The molecule has 1 aliphatic heterocycles. The van der Waals surface area contributed by atoms with Crippen LogP contribution in [-0.4, -0.2) is 23.8 Å². The monoisotopic (exact) mass is 152 g/mol. The molecule has 0 saturated carbocycles. The van der Waals surface area contributed by atoms with Crippen LogP contribution in [0.3, 0.4) is 0 Å². The maximum Gasteiger partial charge on any atom is 0.334 e. The van der Waals surface area contributed by atoms with Gasteiger partial charge in [-0.25, -0.2) is 4.79 Å². The zero-order chi connectivity index (χ0) is 7.84. The van der Waals surface area contributed by atoms with Gasteiger partial charge in [0.25, 0.3) is 0 Å². The predicted octanol–water partition coefficient (Wildman–Crippen LogP) is 0.726. The van der Waals surface area contributed by atoms with Gasteiger partial charge in [0.1, 0.15) is 6.10 Å². The van der Waals surface area contributed by atoms with Crippen LogP contribution in [-0.2, 0) is 9.53 Å². The van der Waals surface area contributed by atoms with Gasteiger partial charge in [0.2, 0.25) is 0 Å². The van der Waals surface area contributed by atoms with Crippen LogP contribution in [0.4, 0.5) is 0 Å². The van der Waals surface area contributed by atoms with Gasteiger partial charge >= 0.3 is 5.97 Å². The largest absolute Gasteiger partial charge is 0.478 e. The number of aliphatic carboxylic acids is 1. The number of hydrogen-bond acceptors (Lipinski definition) is 2. The molecule has 1 heterocycles.